The molecule has 2 aromatic rings. The van der Waals surface area contributed by atoms with Gasteiger partial charge < -0.3 is 10.7 Å². The smallest absolute Gasteiger partial charge is 0.269 e. The molecule has 17 heavy (non-hydrogen) atoms. The number of benzene rings is 1. The summed E-state index contributed by atoms with van der Waals surface area (Å²) in [6.45, 7) is 0. The first-order chi connectivity index (χ1) is 8.09. The maximum absolute atomic E-state index is 11.1. The molecule has 0 aliphatic carbocycles. The number of hydrogen-bond donors (Lipinski definition) is 2. The average molecular weight is 232 g/mol. The van der Waals surface area contributed by atoms with Crippen LogP contribution in [0.4, 0.5) is 5.69 Å². The number of aromatic nitrogens is 2. The highest BCUT2D eigenvalue weighted by atomic mass is 16.6. The fraction of sp³-hybridized carbons (Fsp3) is 0. The van der Waals surface area contributed by atoms with E-state index in [1.807, 2.05) is 0 Å². The molecule has 1 heterocycles. The lowest BCUT2D eigenvalue weighted by Crippen LogP contribution is -2.12. The molecule has 0 radical (unpaired) electrons. The second-order valence-electron chi connectivity index (χ2n) is 3.29. The van der Waals surface area contributed by atoms with Crippen molar-refractivity contribution in [3.8, 4) is 11.3 Å². The quantitative estimate of drug-likeness (QED) is 0.608. The number of nitrogens with two attached hydrogens (primary N) is 1. The van der Waals surface area contributed by atoms with Crippen LogP contribution in [-0.4, -0.2) is 20.8 Å². The fourth-order valence-corrected chi connectivity index (χ4v) is 1.44. The normalized spacial score (nSPS) is 10.1. The minimum Gasteiger partial charge on any atom is -0.364 e. The second kappa shape index (κ2) is 4.05. The highest BCUT2D eigenvalue weighted by molar-refractivity contribution is 5.96. The molecule has 1 aromatic heterocycles. The molecule has 0 saturated carbocycles. The number of H-pyrrole nitrogens is 1. The zero-order chi connectivity index (χ0) is 12.4. The Balaban J connectivity index is 2.43. The third-order valence-electron chi connectivity index (χ3n) is 2.24. The number of nitrogens with zero attached hydrogens (tertiary/aromatic N) is 2. The summed E-state index contributed by atoms with van der Waals surface area (Å²) < 4.78 is 0. The third-order valence-corrected chi connectivity index (χ3v) is 2.24. The van der Waals surface area contributed by atoms with Gasteiger partial charge in [-0.25, -0.2) is 4.98 Å². The Morgan fingerprint density at radius 1 is 1.35 bits per heavy atom. The van der Waals surface area contributed by atoms with Crippen LogP contribution in [0.25, 0.3) is 11.3 Å². The van der Waals surface area contributed by atoms with E-state index in [9.17, 15) is 14.9 Å². The van der Waals surface area contributed by atoms with Crippen LogP contribution in [0.15, 0.2) is 30.6 Å². The van der Waals surface area contributed by atoms with Crippen molar-refractivity contribution in [2.45, 2.75) is 0 Å². The van der Waals surface area contributed by atoms with Crippen LogP contribution in [0, 0.1) is 10.1 Å². The van der Waals surface area contributed by atoms with Crippen LogP contribution in [0.2, 0.25) is 0 Å². The number of rotatable bonds is 3. The topological polar surface area (TPSA) is 115 Å². The summed E-state index contributed by atoms with van der Waals surface area (Å²) in [5.74, 6) is -0.629. The number of non-ortho nitro benzene ring substituents is 1. The molecule has 3 N–H and O–H groups in total. The molecule has 0 fully saturated rings. The van der Waals surface area contributed by atoms with Gasteiger partial charge in [0.25, 0.3) is 11.6 Å². The number of hydrogen-bond acceptors (Lipinski definition) is 4. The van der Waals surface area contributed by atoms with Gasteiger partial charge in [0, 0.05) is 17.7 Å². The van der Waals surface area contributed by atoms with Gasteiger partial charge in [-0.05, 0) is 12.1 Å². The Kier molecular flexibility index (Phi) is 2.57. The number of carbonyl (C=O) groups is 1. The van der Waals surface area contributed by atoms with E-state index >= 15 is 0 Å². The van der Waals surface area contributed by atoms with Crippen LogP contribution >= 0.6 is 0 Å². The van der Waals surface area contributed by atoms with Gasteiger partial charge in [0.2, 0.25) is 0 Å². The average Bonchev–Trinajstić information content (AvgIpc) is 2.78. The van der Waals surface area contributed by atoms with Gasteiger partial charge in [-0.3, -0.25) is 14.9 Å². The first-order valence-corrected chi connectivity index (χ1v) is 4.67. The highest BCUT2D eigenvalue weighted by Gasteiger charge is 2.13. The first kappa shape index (κ1) is 10.8. The lowest BCUT2D eigenvalue weighted by molar-refractivity contribution is -0.384. The number of imidazole rings is 1. The molecule has 7 heteroatoms. The number of amides is 1. The number of carbonyl (C=O) groups excluding carboxylic acids is 1. The molecular weight excluding hydrogens is 224 g/mol. The molecule has 1 amide bonds. The van der Waals surface area contributed by atoms with Gasteiger partial charge in [-0.1, -0.05) is 0 Å². The highest BCUT2D eigenvalue weighted by Crippen LogP contribution is 2.22. The molecule has 1 aromatic carbocycles. The van der Waals surface area contributed by atoms with Gasteiger partial charge >= 0.3 is 0 Å². The van der Waals surface area contributed by atoms with Gasteiger partial charge in [-0.15, -0.1) is 0 Å². The number of nitro groups is 1. The molecule has 0 aliphatic heterocycles. The molecule has 86 valence electrons. The van der Waals surface area contributed by atoms with Gasteiger partial charge in [0.1, 0.15) is 11.4 Å². The summed E-state index contributed by atoms with van der Waals surface area (Å²) in [6.07, 6.45) is 1.34. The predicted molar refractivity (Wildman–Crippen MR) is 59.2 cm³/mol. The maximum atomic E-state index is 11.1. The van der Waals surface area contributed by atoms with Gasteiger partial charge in [0.15, 0.2) is 0 Å². The zero-order valence-corrected chi connectivity index (χ0v) is 8.58. The minimum absolute atomic E-state index is 0.0232. The summed E-state index contributed by atoms with van der Waals surface area (Å²) >= 11 is 0. The molecule has 7 nitrogen and oxygen atoms in total. The van der Waals surface area contributed by atoms with Crippen LogP contribution in [-0.2, 0) is 0 Å². The number of primary amides is 1. The Hall–Kier alpha value is -2.70. The van der Waals surface area contributed by atoms with E-state index in [4.69, 9.17) is 5.73 Å². The second-order valence-corrected chi connectivity index (χ2v) is 3.29. The molecule has 0 saturated heterocycles. The van der Waals surface area contributed by atoms with E-state index < -0.39 is 10.8 Å². The molecule has 0 spiro atoms. The predicted octanol–water partition coefficient (Wildman–Crippen LogP) is 1.08. The fourth-order valence-electron chi connectivity index (χ4n) is 1.44. The molecule has 0 atom stereocenters. The third kappa shape index (κ3) is 1.98. The summed E-state index contributed by atoms with van der Waals surface area (Å²) in [4.78, 5) is 27.6. The van der Waals surface area contributed by atoms with Crippen LogP contribution < -0.4 is 5.73 Å². The standard InChI is InChI=1S/C10H8N4O3/c11-10(15)9-8(12-5-13-9)6-1-3-7(4-2-6)14(16)17/h1-5H,(H2,11,15)(H,12,13). The molecule has 2 rings (SSSR count). The largest absolute Gasteiger partial charge is 0.364 e. The minimum atomic E-state index is -0.629. The van der Waals surface area contributed by atoms with E-state index in [0.29, 0.717) is 11.3 Å². The molecule has 0 bridgehead atoms. The lowest BCUT2D eigenvalue weighted by Gasteiger charge is -1.99. The van der Waals surface area contributed by atoms with E-state index in [1.54, 1.807) is 0 Å². The number of nitrogens with one attached hydrogen (secondary N) is 1. The van der Waals surface area contributed by atoms with Crippen molar-refractivity contribution in [1.82, 2.24) is 9.97 Å². The molecule has 0 unspecified atom stereocenters. The van der Waals surface area contributed by atoms with Crippen LogP contribution in [0.1, 0.15) is 10.5 Å². The summed E-state index contributed by atoms with van der Waals surface area (Å²) in [6, 6.07) is 5.71. The maximum Gasteiger partial charge on any atom is 0.269 e. The van der Waals surface area contributed by atoms with Crippen molar-refractivity contribution in [2.24, 2.45) is 5.73 Å². The lowest BCUT2D eigenvalue weighted by atomic mass is 10.1. The Labute approximate surface area is 95.4 Å². The van der Waals surface area contributed by atoms with Crippen molar-refractivity contribution in [1.29, 1.82) is 0 Å². The summed E-state index contributed by atoms with van der Waals surface area (Å²) in [5.41, 5.74) is 6.28. The van der Waals surface area contributed by atoms with Crippen molar-refractivity contribution < 1.29 is 9.72 Å². The van der Waals surface area contributed by atoms with Crippen LogP contribution in [0.5, 0.6) is 0 Å². The Bertz CT molecular complexity index is 573. The number of nitro benzene ring substituents is 1. The number of aromatic amines is 1. The molecule has 0 aliphatic rings. The van der Waals surface area contributed by atoms with E-state index in [-0.39, 0.29) is 11.4 Å². The zero-order valence-electron chi connectivity index (χ0n) is 8.58. The molecular formula is C10H8N4O3. The van der Waals surface area contributed by atoms with Crippen molar-refractivity contribution in [2.75, 3.05) is 0 Å². The first-order valence-electron chi connectivity index (χ1n) is 4.67. The van der Waals surface area contributed by atoms with Crippen molar-refractivity contribution in [3.63, 3.8) is 0 Å². The van der Waals surface area contributed by atoms with Crippen LogP contribution in [0.3, 0.4) is 0 Å². The van der Waals surface area contributed by atoms with Crippen molar-refractivity contribution in [3.05, 3.63) is 46.4 Å². The monoisotopic (exact) mass is 232 g/mol. The summed E-state index contributed by atoms with van der Waals surface area (Å²) in [7, 11) is 0. The van der Waals surface area contributed by atoms with Gasteiger partial charge in [-0.2, -0.15) is 0 Å². The van der Waals surface area contributed by atoms with Crippen molar-refractivity contribution >= 4 is 11.6 Å². The van der Waals surface area contributed by atoms with Gasteiger partial charge in [0.05, 0.1) is 11.3 Å². The Morgan fingerprint density at radius 3 is 2.53 bits per heavy atom. The van der Waals surface area contributed by atoms with E-state index in [2.05, 4.69) is 9.97 Å². The van der Waals surface area contributed by atoms with E-state index in [0.717, 1.165) is 0 Å². The Morgan fingerprint density at radius 2 is 2.00 bits per heavy atom. The SMILES string of the molecule is NC(=O)c1[nH]cnc1-c1ccc([N+](=O)[O-])cc1. The van der Waals surface area contributed by atoms with E-state index in [1.165, 1.54) is 30.6 Å². The summed E-state index contributed by atoms with van der Waals surface area (Å²) in [5, 5.41) is 10.5.